The SMILES string of the molecule is CCC(C)(CC)NC(=O)CCC1(C)NN1. The smallest absolute Gasteiger partial charge is 0.220 e. The third kappa shape index (κ3) is 3.80. The molecule has 0 spiro atoms. The van der Waals surface area contributed by atoms with E-state index in [9.17, 15) is 4.79 Å². The van der Waals surface area contributed by atoms with Crippen LogP contribution in [0.3, 0.4) is 0 Å². The minimum absolute atomic E-state index is 0.00777. The first-order valence-electron chi connectivity index (χ1n) is 5.78. The lowest BCUT2D eigenvalue weighted by molar-refractivity contribution is -0.123. The zero-order valence-electron chi connectivity index (χ0n) is 10.2. The molecule has 1 rings (SSSR count). The van der Waals surface area contributed by atoms with Crippen molar-refractivity contribution in [3.8, 4) is 0 Å². The normalized spacial score (nSPS) is 18.7. The average Bonchev–Trinajstić information content (AvgIpc) is 2.94. The second kappa shape index (κ2) is 4.49. The Balaban J connectivity index is 2.28. The fraction of sp³-hybridized carbons (Fsp3) is 0.909. The van der Waals surface area contributed by atoms with E-state index in [0.29, 0.717) is 6.42 Å². The molecule has 4 nitrogen and oxygen atoms in total. The largest absolute Gasteiger partial charge is 0.351 e. The molecule has 1 heterocycles. The molecule has 1 aliphatic heterocycles. The first-order chi connectivity index (χ1) is 6.93. The number of rotatable bonds is 6. The van der Waals surface area contributed by atoms with E-state index < -0.39 is 0 Å². The molecule has 0 aromatic heterocycles. The summed E-state index contributed by atoms with van der Waals surface area (Å²) in [6, 6.07) is 0. The maximum Gasteiger partial charge on any atom is 0.220 e. The van der Waals surface area contributed by atoms with Gasteiger partial charge in [-0.15, -0.1) is 0 Å². The molecule has 0 bridgehead atoms. The lowest BCUT2D eigenvalue weighted by Gasteiger charge is -2.28. The molecule has 1 amide bonds. The van der Waals surface area contributed by atoms with E-state index in [2.05, 4.69) is 43.9 Å². The van der Waals surface area contributed by atoms with Crippen molar-refractivity contribution in [3.05, 3.63) is 0 Å². The Bertz CT molecular complexity index is 232. The van der Waals surface area contributed by atoms with E-state index >= 15 is 0 Å². The summed E-state index contributed by atoms with van der Waals surface area (Å²) in [5.41, 5.74) is 6.01. The highest BCUT2D eigenvalue weighted by Crippen LogP contribution is 2.18. The molecule has 4 heteroatoms. The van der Waals surface area contributed by atoms with Crippen LogP contribution in [0.1, 0.15) is 53.4 Å². The maximum atomic E-state index is 11.7. The molecule has 0 aromatic rings. The van der Waals surface area contributed by atoms with Gasteiger partial charge in [0.1, 0.15) is 0 Å². The standard InChI is InChI=1S/C11H23N3O/c1-5-10(3,6-2)12-9(15)7-8-11(4)13-14-11/h13-14H,5-8H2,1-4H3,(H,12,15). The van der Waals surface area contributed by atoms with Crippen molar-refractivity contribution in [1.82, 2.24) is 16.2 Å². The summed E-state index contributed by atoms with van der Waals surface area (Å²) >= 11 is 0. The second-order valence-electron chi connectivity index (χ2n) is 4.90. The second-order valence-corrected chi connectivity index (χ2v) is 4.90. The molecule has 1 aliphatic rings. The minimum atomic E-state index is -0.0393. The van der Waals surface area contributed by atoms with E-state index in [-0.39, 0.29) is 17.1 Å². The van der Waals surface area contributed by atoms with Crippen molar-refractivity contribution in [3.63, 3.8) is 0 Å². The van der Waals surface area contributed by atoms with Crippen LogP contribution in [-0.4, -0.2) is 17.1 Å². The number of hydrogen-bond donors (Lipinski definition) is 3. The fourth-order valence-corrected chi connectivity index (χ4v) is 1.42. The van der Waals surface area contributed by atoms with Gasteiger partial charge in [0.15, 0.2) is 0 Å². The van der Waals surface area contributed by atoms with E-state index in [1.165, 1.54) is 0 Å². The molecule has 0 saturated carbocycles. The summed E-state index contributed by atoms with van der Waals surface area (Å²) in [5.74, 6) is 0.151. The molecule has 3 N–H and O–H groups in total. The van der Waals surface area contributed by atoms with Gasteiger partial charge >= 0.3 is 0 Å². The topological polar surface area (TPSA) is 73.0 Å². The van der Waals surface area contributed by atoms with Crippen LogP contribution in [-0.2, 0) is 4.79 Å². The Labute approximate surface area is 92.2 Å². The van der Waals surface area contributed by atoms with Gasteiger partial charge in [-0.1, -0.05) is 13.8 Å². The lowest BCUT2D eigenvalue weighted by Crippen LogP contribution is -2.45. The number of amides is 1. The van der Waals surface area contributed by atoms with Gasteiger partial charge in [0, 0.05) is 12.0 Å². The Morgan fingerprint density at radius 1 is 1.33 bits per heavy atom. The monoisotopic (exact) mass is 213 g/mol. The summed E-state index contributed by atoms with van der Waals surface area (Å²) < 4.78 is 0. The predicted octanol–water partition coefficient (Wildman–Crippen LogP) is 1.29. The van der Waals surface area contributed by atoms with E-state index in [1.807, 2.05) is 0 Å². The van der Waals surface area contributed by atoms with Gasteiger partial charge in [-0.3, -0.25) is 4.79 Å². The van der Waals surface area contributed by atoms with Gasteiger partial charge in [-0.2, -0.15) is 0 Å². The summed E-state index contributed by atoms with van der Waals surface area (Å²) in [4.78, 5) is 11.7. The summed E-state index contributed by atoms with van der Waals surface area (Å²) in [6.07, 6.45) is 3.36. The van der Waals surface area contributed by atoms with Crippen molar-refractivity contribution in [2.24, 2.45) is 0 Å². The lowest BCUT2D eigenvalue weighted by atomic mass is 9.95. The minimum Gasteiger partial charge on any atom is -0.351 e. The Hall–Kier alpha value is -0.610. The fourth-order valence-electron chi connectivity index (χ4n) is 1.42. The van der Waals surface area contributed by atoms with Crippen molar-refractivity contribution < 1.29 is 4.79 Å². The Morgan fingerprint density at radius 3 is 2.27 bits per heavy atom. The zero-order chi connectivity index (χ0) is 11.5. The molecule has 0 aromatic carbocycles. The highest BCUT2D eigenvalue weighted by Gasteiger charge is 2.36. The predicted molar refractivity (Wildman–Crippen MR) is 61.0 cm³/mol. The highest BCUT2D eigenvalue weighted by molar-refractivity contribution is 5.76. The molecule has 88 valence electrons. The van der Waals surface area contributed by atoms with Crippen LogP contribution < -0.4 is 16.2 Å². The summed E-state index contributed by atoms with van der Waals surface area (Å²) in [5, 5.41) is 3.10. The molecular formula is C11H23N3O. The van der Waals surface area contributed by atoms with Crippen molar-refractivity contribution in [2.45, 2.75) is 64.6 Å². The molecule has 15 heavy (non-hydrogen) atoms. The van der Waals surface area contributed by atoms with Crippen LogP contribution in [0.2, 0.25) is 0 Å². The van der Waals surface area contributed by atoms with Crippen LogP contribution in [0.15, 0.2) is 0 Å². The molecule has 1 saturated heterocycles. The molecular weight excluding hydrogens is 190 g/mol. The van der Waals surface area contributed by atoms with Crippen LogP contribution in [0.5, 0.6) is 0 Å². The number of carbonyl (C=O) groups is 1. The third-order valence-electron chi connectivity index (χ3n) is 3.41. The quantitative estimate of drug-likeness (QED) is 0.582. The molecule has 0 unspecified atom stereocenters. The molecule has 0 aliphatic carbocycles. The highest BCUT2D eigenvalue weighted by atomic mass is 16.1. The van der Waals surface area contributed by atoms with E-state index in [4.69, 9.17) is 0 Å². The third-order valence-corrected chi connectivity index (χ3v) is 3.41. The number of nitrogens with one attached hydrogen (secondary N) is 3. The van der Waals surface area contributed by atoms with E-state index in [0.717, 1.165) is 19.3 Å². The van der Waals surface area contributed by atoms with Gasteiger partial charge in [0.2, 0.25) is 5.91 Å². The number of hydrazine groups is 1. The van der Waals surface area contributed by atoms with Gasteiger partial charge in [0.05, 0.1) is 5.66 Å². The number of hydrogen-bond acceptors (Lipinski definition) is 3. The number of carbonyl (C=O) groups excluding carboxylic acids is 1. The first kappa shape index (κ1) is 12.5. The van der Waals surface area contributed by atoms with Gasteiger partial charge in [-0.25, -0.2) is 10.9 Å². The Morgan fingerprint density at radius 2 is 1.87 bits per heavy atom. The average molecular weight is 213 g/mol. The van der Waals surface area contributed by atoms with Crippen molar-refractivity contribution in [2.75, 3.05) is 0 Å². The van der Waals surface area contributed by atoms with Crippen LogP contribution in [0, 0.1) is 0 Å². The van der Waals surface area contributed by atoms with Crippen LogP contribution >= 0.6 is 0 Å². The van der Waals surface area contributed by atoms with Crippen LogP contribution in [0.25, 0.3) is 0 Å². The molecule has 0 radical (unpaired) electrons. The summed E-state index contributed by atoms with van der Waals surface area (Å²) in [7, 11) is 0. The van der Waals surface area contributed by atoms with Gasteiger partial charge in [-0.05, 0) is 33.1 Å². The first-order valence-corrected chi connectivity index (χ1v) is 5.78. The van der Waals surface area contributed by atoms with Crippen molar-refractivity contribution in [1.29, 1.82) is 0 Å². The van der Waals surface area contributed by atoms with Crippen LogP contribution in [0.4, 0.5) is 0 Å². The molecule has 0 atom stereocenters. The van der Waals surface area contributed by atoms with Gasteiger partial charge < -0.3 is 5.32 Å². The van der Waals surface area contributed by atoms with Crippen molar-refractivity contribution >= 4 is 5.91 Å². The van der Waals surface area contributed by atoms with Gasteiger partial charge in [0.25, 0.3) is 0 Å². The summed E-state index contributed by atoms with van der Waals surface area (Å²) in [6.45, 7) is 8.36. The zero-order valence-corrected chi connectivity index (χ0v) is 10.2. The maximum absolute atomic E-state index is 11.7. The Kier molecular flexibility index (Phi) is 3.73. The van der Waals surface area contributed by atoms with E-state index in [1.54, 1.807) is 0 Å². The molecule has 1 fully saturated rings.